The predicted molar refractivity (Wildman–Crippen MR) is 70.6 cm³/mol. The van der Waals surface area contributed by atoms with Crippen molar-refractivity contribution < 1.29 is 13.9 Å². The summed E-state index contributed by atoms with van der Waals surface area (Å²) in [4.78, 5) is 10.9. The average molecular weight is 262 g/mol. The molecule has 1 aromatic rings. The highest BCUT2D eigenvalue weighted by atomic mass is 16.7. The molecule has 1 atom stereocenters. The van der Waals surface area contributed by atoms with Gasteiger partial charge in [-0.05, 0) is 31.2 Å². The topological polar surface area (TPSA) is 48.7 Å². The van der Waals surface area contributed by atoms with E-state index in [2.05, 4.69) is 11.8 Å². The van der Waals surface area contributed by atoms with Crippen molar-refractivity contribution >= 4 is 0 Å². The fourth-order valence-electron chi connectivity index (χ4n) is 1.82. The maximum Gasteiger partial charge on any atom is 0.336 e. The van der Waals surface area contributed by atoms with Crippen LogP contribution in [0.5, 0.6) is 0 Å². The Bertz CT molecular complexity index is 489. The van der Waals surface area contributed by atoms with E-state index in [0.717, 1.165) is 38.7 Å². The van der Waals surface area contributed by atoms with Gasteiger partial charge >= 0.3 is 5.63 Å². The van der Waals surface area contributed by atoms with Gasteiger partial charge in [0.05, 0.1) is 0 Å². The molecular weight excluding hydrogens is 244 g/mol. The fraction of sp³-hybridized carbons (Fsp3) is 0.533. The van der Waals surface area contributed by atoms with Crippen molar-refractivity contribution in [3.05, 3.63) is 34.4 Å². The molecule has 0 aromatic carbocycles. The predicted octanol–water partition coefficient (Wildman–Crippen LogP) is 2.31. The van der Waals surface area contributed by atoms with Crippen LogP contribution in [-0.4, -0.2) is 19.5 Å². The van der Waals surface area contributed by atoms with Gasteiger partial charge < -0.3 is 13.9 Å². The number of ether oxygens (including phenoxy) is 2. The second-order valence-corrected chi connectivity index (χ2v) is 4.38. The highest BCUT2D eigenvalue weighted by Crippen LogP contribution is 2.13. The normalized spacial score (nSPS) is 18.0. The molecule has 4 nitrogen and oxygen atoms in total. The van der Waals surface area contributed by atoms with Gasteiger partial charge in [-0.2, -0.15) is 0 Å². The molecule has 102 valence electrons. The number of rotatable bonds is 5. The van der Waals surface area contributed by atoms with Crippen LogP contribution in [0.1, 0.15) is 37.9 Å². The SMILES string of the molecule is O=c1cccc(C#CCCCCOC2CCCO2)o1. The van der Waals surface area contributed by atoms with Gasteiger partial charge in [0.15, 0.2) is 12.1 Å². The smallest absolute Gasteiger partial charge is 0.336 e. The Morgan fingerprint density at radius 3 is 3.11 bits per heavy atom. The molecule has 0 aliphatic carbocycles. The summed E-state index contributed by atoms with van der Waals surface area (Å²) in [5.41, 5.74) is -0.364. The van der Waals surface area contributed by atoms with Gasteiger partial charge in [-0.15, -0.1) is 0 Å². The average Bonchev–Trinajstić information content (AvgIpc) is 2.91. The van der Waals surface area contributed by atoms with Gasteiger partial charge in [-0.1, -0.05) is 12.0 Å². The summed E-state index contributed by atoms with van der Waals surface area (Å²) in [6.45, 7) is 1.53. The van der Waals surface area contributed by atoms with Crippen LogP contribution in [0.2, 0.25) is 0 Å². The molecule has 19 heavy (non-hydrogen) atoms. The van der Waals surface area contributed by atoms with E-state index >= 15 is 0 Å². The van der Waals surface area contributed by atoms with Crippen LogP contribution in [0.4, 0.5) is 0 Å². The summed E-state index contributed by atoms with van der Waals surface area (Å²) >= 11 is 0. The molecule has 1 aliphatic rings. The molecule has 1 aromatic heterocycles. The Kier molecular flexibility index (Phi) is 5.67. The zero-order valence-corrected chi connectivity index (χ0v) is 10.9. The van der Waals surface area contributed by atoms with E-state index in [4.69, 9.17) is 13.9 Å². The van der Waals surface area contributed by atoms with Crippen molar-refractivity contribution in [2.24, 2.45) is 0 Å². The van der Waals surface area contributed by atoms with Gasteiger partial charge in [0.1, 0.15) is 0 Å². The molecule has 1 fully saturated rings. The molecule has 0 N–H and O–H groups in total. The number of hydrogen-bond donors (Lipinski definition) is 0. The first-order chi connectivity index (χ1) is 9.34. The minimum Gasteiger partial charge on any atom is -0.414 e. The van der Waals surface area contributed by atoms with Crippen molar-refractivity contribution in [3.63, 3.8) is 0 Å². The molecule has 0 amide bonds. The van der Waals surface area contributed by atoms with Crippen molar-refractivity contribution in [2.75, 3.05) is 13.2 Å². The third-order valence-corrected chi connectivity index (χ3v) is 2.79. The summed E-state index contributed by atoms with van der Waals surface area (Å²) in [5, 5.41) is 0. The molecular formula is C15H18O4. The van der Waals surface area contributed by atoms with Gasteiger partial charge in [0.2, 0.25) is 0 Å². The second-order valence-electron chi connectivity index (χ2n) is 4.38. The third kappa shape index (κ3) is 5.29. The molecule has 0 saturated carbocycles. The Hall–Kier alpha value is -1.57. The molecule has 4 heteroatoms. The van der Waals surface area contributed by atoms with Crippen molar-refractivity contribution in [2.45, 2.75) is 38.4 Å². The van der Waals surface area contributed by atoms with Gasteiger partial charge in [0, 0.05) is 32.1 Å². The van der Waals surface area contributed by atoms with Crippen LogP contribution in [0.3, 0.4) is 0 Å². The Morgan fingerprint density at radius 1 is 1.37 bits per heavy atom. The lowest BCUT2D eigenvalue weighted by Gasteiger charge is -2.09. The first kappa shape index (κ1) is 13.9. The molecule has 2 heterocycles. The second kappa shape index (κ2) is 7.78. The Balaban J connectivity index is 1.58. The van der Waals surface area contributed by atoms with E-state index in [1.807, 2.05) is 0 Å². The van der Waals surface area contributed by atoms with E-state index < -0.39 is 0 Å². The molecule has 1 aliphatic heterocycles. The lowest BCUT2D eigenvalue weighted by atomic mass is 10.2. The molecule has 0 bridgehead atoms. The van der Waals surface area contributed by atoms with E-state index in [-0.39, 0.29) is 11.9 Å². The highest BCUT2D eigenvalue weighted by molar-refractivity contribution is 5.23. The zero-order valence-electron chi connectivity index (χ0n) is 10.9. The Labute approximate surface area is 112 Å². The monoisotopic (exact) mass is 262 g/mol. The maximum atomic E-state index is 10.9. The van der Waals surface area contributed by atoms with Crippen molar-refractivity contribution in [1.29, 1.82) is 0 Å². The van der Waals surface area contributed by atoms with Gasteiger partial charge in [-0.25, -0.2) is 4.79 Å². The quantitative estimate of drug-likeness (QED) is 0.603. The zero-order chi connectivity index (χ0) is 13.3. The van der Waals surface area contributed by atoms with E-state index in [1.54, 1.807) is 12.1 Å². The lowest BCUT2D eigenvalue weighted by Crippen LogP contribution is -2.11. The summed E-state index contributed by atoms with van der Waals surface area (Å²) in [6.07, 6.45) is 4.81. The van der Waals surface area contributed by atoms with Gasteiger partial charge in [-0.3, -0.25) is 0 Å². The molecule has 1 saturated heterocycles. The molecule has 1 unspecified atom stereocenters. The first-order valence-electron chi connectivity index (χ1n) is 6.67. The summed E-state index contributed by atoms with van der Waals surface area (Å²) < 4.78 is 15.8. The van der Waals surface area contributed by atoms with E-state index in [0.29, 0.717) is 12.4 Å². The fourth-order valence-corrected chi connectivity index (χ4v) is 1.82. The number of unbranched alkanes of at least 4 members (excludes halogenated alkanes) is 2. The van der Waals surface area contributed by atoms with Crippen LogP contribution in [0.25, 0.3) is 0 Å². The molecule has 0 spiro atoms. The summed E-state index contributed by atoms with van der Waals surface area (Å²) in [6, 6.07) is 4.70. The van der Waals surface area contributed by atoms with Gasteiger partial charge in [0.25, 0.3) is 0 Å². The lowest BCUT2D eigenvalue weighted by molar-refractivity contribution is -0.111. The van der Waals surface area contributed by atoms with Crippen LogP contribution >= 0.6 is 0 Å². The largest absolute Gasteiger partial charge is 0.414 e. The van der Waals surface area contributed by atoms with Crippen LogP contribution in [0.15, 0.2) is 27.4 Å². The summed E-state index contributed by atoms with van der Waals surface area (Å²) in [7, 11) is 0. The molecule has 0 radical (unpaired) electrons. The minimum absolute atomic E-state index is 0.00433. The first-order valence-corrected chi connectivity index (χ1v) is 6.67. The van der Waals surface area contributed by atoms with E-state index in [1.165, 1.54) is 6.07 Å². The maximum absolute atomic E-state index is 10.9. The molecule has 2 rings (SSSR count). The highest BCUT2D eigenvalue weighted by Gasteiger charge is 2.14. The van der Waals surface area contributed by atoms with E-state index in [9.17, 15) is 4.79 Å². The third-order valence-electron chi connectivity index (χ3n) is 2.79. The van der Waals surface area contributed by atoms with Crippen LogP contribution < -0.4 is 5.63 Å². The van der Waals surface area contributed by atoms with Crippen LogP contribution in [0, 0.1) is 11.8 Å². The minimum atomic E-state index is -0.364. The van der Waals surface area contributed by atoms with Crippen LogP contribution in [-0.2, 0) is 9.47 Å². The number of hydrogen-bond acceptors (Lipinski definition) is 4. The van der Waals surface area contributed by atoms with Crippen molar-refractivity contribution in [1.82, 2.24) is 0 Å². The standard InChI is InChI=1S/C15H18O4/c16-14-9-5-8-13(19-14)7-3-1-2-4-11-17-15-10-6-12-18-15/h5,8-9,15H,1-2,4,6,10-12H2. The van der Waals surface area contributed by atoms with Crippen molar-refractivity contribution in [3.8, 4) is 11.8 Å². The summed E-state index contributed by atoms with van der Waals surface area (Å²) in [5.74, 6) is 6.24. The Morgan fingerprint density at radius 2 is 2.32 bits per heavy atom.